The van der Waals surface area contributed by atoms with Gasteiger partial charge >= 0.3 is 0 Å². The fraction of sp³-hybridized carbons (Fsp3) is 0.714. The number of thiophene rings is 1. The fourth-order valence-electron chi connectivity index (χ4n) is 2.49. The molecule has 0 aromatic carbocycles. The van der Waals surface area contributed by atoms with E-state index in [1.54, 1.807) is 11.3 Å². The summed E-state index contributed by atoms with van der Waals surface area (Å²) in [5, 5.41) is 8.00. The van der Waals surface area contributed by atoms with Gasteiger partial charge in [-0.15, -0.1) is 0 Å². The monoisotopic (exact) mass is 253 g/mol. The van der Waals surface area contributed by atoms with Crippen molar-refractivity contribution in [3.05, 3.63) is 22.4 Å². The number of nitrogens with one attached hydrogen (secondary N) is 1. The smallest absolute Gasteiger partial charge is 0.0575 e. The highest BCUT2D eigenvalue weighted by molar-refractivity contribution is 7.07. The van der Waals surface area contributed by atoms with Crippen LogP contribution in [0.2, 0.25) is 0 Å². The van der Waals surface area contributed by atoms with Crippen molar-refractivity contribution in [2.45, 2.75) is 51.2 Å². The van der Waals surface area contributed by atoms with Crippen LogP contribution in [-0.2, 0) is 4.74 Å². The van der Waals surface area contributed by atoms with Gasteiger partial charge in [-0.25, -0.2) is 0 Å². The molecule has 3 heteroatoms. The zero-order chi connectivity index (χ0) is 11.9. The third-order valence-electron chi connectivity index (χ3n) is 3.45. The van der Waals surface area contributed by atoms with Crippen LogP contribution in [0.4, 0.5) is 0 Å². The molecule has 0 aliphatic carbocycles. The second kappa shape index (κ2) is 7.14. The van der Waals surface area contributed by atoms with Crippen molar-refractivity contribution in [1.29, 1.82) is 0 Å². The van der Waals surface area contributed by atoms with Crippen LogP contribution in [0.5, 0.6) is 0 Å². The summed E-state index contributed by atoms with van der Waals surface area (Å²) in [4.78, 5) is 0. The minimum atomic E-state index is 0.503. The van der Waals surface area contributed by atoms with E-state index in [-0.39, 0.29) is 0 Å². The summed E-state index contributed by atoms with van der Waals surface area (Å²) in [6, 6.07) is 2.75. The van der Waals surface area contributed by atoms with Crippen molar-refractivity contribution in [2.75, 3.05) is 13.2 Å². The Morgan fingerprint density at radius 1 is 1.53 bits per heavy atom. The number of ether oxygens (including phenoxy) is 1. The molecule has 2 atom stereocenters. The number of rotatable bonds is 6. The Hall–Kier alpha value is -0.380. The highest BCUT2D eigenvalue weighted by atomic mass is 32.1. The Morgan fingerprint density at radius 3 is 3.12 bits per heavy atom. The first-order chi connectivity index (χ1) is 8.40. The molecule has 1 fully saturated rings. The standard InChI is InChI=1S/C14H23NOS/c1-2-15-14(12-8-10-17-11-12)7-6-13-5-3-4-9-16-13/h8,10-11,13-15H,2-7,9H2,1H3. The Morgan fingerprint density at radius 2 is 2.47 bits per heavy atom. The molecule has 0 bridgehead atoms. The summed E-state index contributed by atoms with van der Waals surface area (Å²) < 4.78 is 5.80. The van der Waals surface area contributed by atoms with Gasteiger partial charge in [0, 0.05) is 12.6 Å². The third-order valence-corrected chi connectivity index (χ3v) is 4.15. The molecule has 1 N–H and O–H groups in total. The summed E-state index contributed by atoms with van der Waals surface area (Å²) in [7, 11) is 0. The van der Waals surface area contributed by atoms with E-state index in [4.69, 9.17) is 4.74 Å². The van der Waals surface area contributed by atoms with E-state index in [0.29, 0.717) is 12.1 Å². The van der Waals surface area contributed by atoms with Gasteiger partial charge in [0.15, 0.2) is 0 Å². The van der Waals surface area contributed by atoms with Gasteiger partial charge in [-0.05, 0) is 61.0 Å². The highest BCUT2D eigenvalue weighted by Crippen LogP contribution is 2.25. The van der Waals surface area contributed by atoms with Crippen molar-refractivity contribution in [3.63, 3.8) is 0 Å². The Bertz CT molecular complexity index is 293. The third kappa shape index (κ3) is 4.09. The summed E-state index contributed by atoms with van der Waals surface area (Å²) in [5.74, 6) is 0. The molecule has 1 aromatic heterocycles. The van der Waals surface area contributed by atoms with Gasteiger partial charge < -0.3 is 10.1 Å². The van der Waals surface area contributed by atoms with E-state index < -0.39 is 0 Å². The predicted octanol–water partition coefficient (Wildman–Crippen LogP) is 3.75. The lowest BCUT2D eigenvalue weighted by molar-refractivity contribution is 0.00857. The maximum atomic E-state index is 5.80. The van der Waals surface area contributed by atoms with Crippen molar-refractivity contribution in [1.82, 2.24) is 5.32 Å². The van der Waals surface area contributed by atoms with Gasteiger partial charge in [-0.1, -0.05) is 6.92 Å². The van der Waals surface area contributed by atoms with E-state index in [0.717, 1.165) is 13.2 Å². The largest absolute Gasteiger partial charge is 0.378 e. The van der Waals surface area contributed by atoms with Crippen LogP contribution in [-0.4, -0.2) is 19.3 Å². The molecule has 1 saturated heterocycles. The van der Waals surface area contributed by atoms with Crippen LogP contribution in [0.3, 0.4) is 0 Å². The van der Waals surface area contributed by atoms with E-state index in [1.807, 2.05) is 0 Å². The minimum absolute atomic E-state index is 0.503. The van der Waals surface area contributed by atoms with Crippen molar-refractivity contribution in [2.24, 2.45) is 0 Å². The molecule has 0 amide bonds. The average Bonchev–Trinajstić information content (AvgIpc) is 2.89. The molecule has 1 aliphatic rings. The molecule has 2 unspecified atom stereocenters. The van der Waals surface area contributed by atoms with Crippen LogP contribution in [0.1, 0.15) is 50.6 Å². The summed E-state index contributed by atoms with van der Waals surface area (Å²) in [6.07, 6.45) is 6.72. The van der Waals surface area contributed by atoms with Gasteiger partial charge in [-0.2, -0.15) is 11.3 Å². The van der Waals surface area contributed by atoms with Crippen LogP contribution in [0, 0.1) is 0 Å². The molecule has 2 heterocycles. The first-order valence-corrected chi connectivity index (χ1v) is 7.71. The molecule has 1 aromatic rings. The normalized spacial score (nSPS) is 22.5. The zero-order valence-electron chi connectivity index (χ0n) is 10.7. The van der Waals surface area contributed by atoms with E-state index in [2.05, 4.69) is 29.1 Å². The van der Waals surface area contributed by atoms with Gasteiger partial charge in [0.1, 0.15) is 0 Å². The first-order valence-electron chi connectivity index (χ1n) is 6.77. The second-order valence-corrected chi connectivity index (χ2v) is 5.51. The van der Waals surface area contributed by atoms with Crippen LogP contribution in [0.15, 0.2) is 16.8 Å². The Labute approximate surface area is 108 Å². The Kier molecular flexibility index (Phi) is 5.49. The molecular weight excluding hydrogens is 230 g/mol. The molecule has 0 radical (unpaired) electrons. The van der Waals surface area contributed by atoms with Gasteiger partial charge in [-0.3, -0.25) is 0 Å². The lowest BCUT2D eigenvalue weighted by Crippen LogP contribution is -2.24. The number of hydrogen-bond donors (Lipinski definition) is 1. The lowest BCUT2D eigenvalue weighted by atomic mass is 9.99. The molecular formula is C14H23NOS. The fourth-order valence-corrected chi connectivity index (χ4v) is 3.21. The highest BCUT2D eigenvalue weighted by Gasteiger charge is 2.17. The first kappa shape index (κ1) is 13.1. The van der Waals surface area contributed by atoms with Crippen LogP contribution < -0.4 is 5.32 Å². The molecule has 2 rings (SSSR count). The minimum Gasteiger partial charge on any atom is -0.378 e. The second-order valence-electron chi connectivity index (χ2n) is 4.73. The van der Waals surface area contributed by atoms with Gasteiger partial charge in [0.05, 0.1) is 6.10 Å². The van der Waals surface area contributed by atoms with E-state index >= 15 is 0 Å². The molecule has 1 aliphatic heterocycles. The molecule has 2 nitrogen and oxygen atoms in total. The zero-order valence-corrected chi connectivity index (χ0v) is 11.5. The topological polar surface area (TPSA) is 21.3 Å². The lowest BCUT2D eigenvalue weighted by Gasteiger charge is -2.25. The average molecular weight is 253 g/mol. The molecule has 0 saturated carbocycles. The predicted molar refractivity (Wildman–Crippen MR) is 73.6 cm³/mol. The van der Waals surface area contributed by atoms with Gasteiger partial charge in [0.25, 0.3) is 0 Å². The summed E-state index contributed by atoms with van der Waals surface area (Å²) >= 11 is 1.78. The van der Waals surface area contributed by atoms with E-state index in [1.165, 1.54) is 37.7 Å². The van der Waals surface area contributed by atoms with E-state index in [9.17, 15) is 0 Å². The van der Waals surface area contributed by atoms with Crippen LogP contribution in [0.25, 0.3) is 0 Å². The number of hydrogen-bond acceptors (Lipinski definition) is 3. The summed E-state index contributed by atoms with van der Waals surface area (Å²) in [6.45, 7) is 4.18. The quantitative estimate of drug-likeness (QED) is 0.833. The summed E-state index contributed by atoms with van der Waals surface area (Å²) in [5.41, 5.74) is 1.44. The molecule has 0 spiro atoms. The SMILES string of the molecule is CCNC(CCC1CCCCO1)c1ccsc1. The van der Waals surface area contributed by atoms with Crippen LogP contribution >= 0.6 is 11.3 Å². The maximum Gasteiger partial charge on any atom is 0.0575 e. The molecule has 17 heavy (non-hydrogen) atoms. The molecule has 96 valence electrons. The maximum absolute atomic E-state index is 5.80. The van der Waals surface area contributed by atoms with Crippen molar-refractivity contribution in [3.8, 4) is 0 Å². The van der Waals surface area contributed by atoms with Gasteiger partial charge in [0.2, 0.25) is 0 Å². The Balaban J connectivity index is 1.81. The van der Waals surface area contributed by atoms with Crippen molar-refractivity contribution < 1.29 is 4.74 Å². The van der Waals surface area contributed by atoms with Crippen molar-refractivity contribution >= 4 is 11.3 Å².